The van der Waals surface area contributed by atoms with Crippen molar-refractivity contribution in [2.45, 2.75) is 19.3 Å². The topological polar surface area (TPSA) is 30.7 Å². The molecule has 0 fully saturated rings. The Kier molecular flexibility index (Phi) is 4.55. The van der Waals surface area contributed by atoms with Gasteiger partial charge < -0.3 is 4.57 Å². The summed E-state index contributed by atoms with van der Waals surface area (Å²) in [4.78, 5) is 11.5. The normalized spacial score (nSPS) is 13.8. The van der Waals surface area contributed by atoms with Crippen LogP contribution in [0.2, 0.25) is 0 Å². The Balaban J connectivity index is 1.33. The van der Waals surface area contributed by atoms with Crippen molar-refractivity contribution >= 4 is 53.4 Å². The van der Waals surface area contributed by atoms with Gasteiger partial charge in [-0.3, -0.25) is 0 Å². The molecule has 0 atom stereocenters. The van der Waals surface area contributed by atoms with Crippen molar-refractivity contribution in [1.29, 1.82) is 0 Å². The highest BCUT2D eigenvalue weighted by atomic mass is 32.1. The SMILES string of the molecule is CC1(C)c2cc(-c3nc(-c4ccccc4)c4ccccc4n3)ccc2-n2c3sc4ccccc4c3c3cccc1c32. The fourth-order valence-electron chi connectivity index (χ4n) is 6.81. The lowest BCUT2D eigenvalue weighted by atomic mass is 9.74. The van der Waals surface area contributed by atoms with E-state index in [1.54, 1.807) is 0 Å². The average molecular weight is 544 g/mol. The molecule has 0 saturated carbocycles. The van der Waals surface area contributed by atoms with Crippen molar-refractivity contribution in [3.63, 3.8) is 0 Å². The molecule has 0 saturated heterocycles. The third-order valence-electron chi connectivity index (χ3n) is 8.80. The molecule has 0 aliphatic carbocycles. The summed E-state index contributed by atoms with van der Waals surface area (Å²) in [5.41, 5.74) is 9.10. The Bertz CT molecular complexity index is 2340. The zero-order valence-corrected chi connectivity index (χ0v) is 23.5. The van der Waals surface area contributed by atoms with Gasteiger partial charge >= 0.3 is 0 Å². The molecule has 4 heteroatoms. The number of aromatic nitrogens is 3. The first kappa shape index (κ1) is 23.0. The lowest BCUT2D eigenvalue weighted by molar-refractivity contribution is 0.630. The van der Waals surface area contributed by atoms with Gasteiger partial charge in [-0.2, -0.15) is 0 Å². The van der Waals surface area contributed by atoms with Crippen molar-refractivity contribution in [3.8, 4) is 28.3 Å². The van der Waals surface area contributed by atoms with Gasteiger partial charge in [-0.15, -0.1) is 11.3 Å². The van der Waals surface area contributed by atoms with Crippen molar-refractivity contribution in [3.05, 3.63) is 126 Å². The molecule has 1 aliphatic rings. The van der Waals surface area contributed by atoms with Gasteiger partial charge in [0, 0.05) is 42.8 Å². The maximum Gasteiger partial charge on any atom is 0.160 e. The molecule has 0 bridgehead atoms. The predicted molar refractivity (Wildman–Crippen MR) is 172 cm³/mol. The third kappa shape index (κ3) is 3.08. The lowest BCUT2D eigenvalue weighted by Gasteiger charge is -2.35. The van der Waals surface area contributed by atoms with Crippen LogP contribution in [0.3, 0.4) is 0 Å². The summed E-state index contributed by atoms with van der Waals surface area (Å²) in [6.07, 6.45) is 0. The molecular formula is C37H25N3S. The number of nitrogens with zero attached hydrogens (tertiary/aromatic N) is 3. The highest BCUT2D eigenvalue weighted by Crippen LogP contribution is 2.51. The van der Waals surface area contributed by atoms with Gasteiger partial charge in [0.1, 0.15) is 4.83 Å². The zero-order chi connectivity index (χ0) is 27.3. The van der Waals surface area contributed by atoms with Crippen LogP contribution in [0, 0.1) is 0 Å². The Morgan fingerprint density at radius 2 is 1.39 bits per heavy atom. The molecule has 0 amide bonds. The summed E-state index contributed by atoms with van der Waals surface area (Å²) in [5.74, 6) is 0.754. The van der Waals surface area contributed by atoms with Gasteiger partial charge in [0.15, 0.2) is 5.82 Å². The quantitative estimate of drug-likeness (QED) is 0.217. The largest absolute Gasteiger partial charge is 0.300 e. The van der Waals surface area contributed by atoms with Crippen molar-refractivity contribution in [1.82, 2.24) is 14.5 Å². The van der Waals surface area contributed by atoms with E-state index < -0.39 is 0 Å². The first-order chi connectivity index (χ1) is 20.1. The first-order valence-electron chi connectivity index (χ1n) is 14.0. The Morgan fingerprint density at radius 1 is 0.634 bits per heavy atom. The summed E-state index contributed by atoms with van der Waals surface area (Å²) < 4.78 is 3.83. The molecule has 0 N–H and O–H groups in total. The van der Waals surface area contributed by atoms with Crippen molar-refractivity contribution < 1.29 is 0 Å². The molecule has 0 spiro atoms. The monoisotopic (exact) mass is 543 g/mol. The van der Waals surface area contributed by atoms with E-state index >= 15 is 0 Å². The molecule has 9 rings (SSSR count). The molecule has 0 unspecified atom stereocenters. The van der Waals surface area contributed by atoms with Gasteiger partial charge in [0.2, 0.25) is 0 Å². The third-order valence-corrected chi connectivity index (χ3v) is 9.96. The van der Waals surface area contributed by atoms with Crippen molar-refractivity contribution in [2.75, 3.05) is 0 Å². The Hall–Kier alpha value is -4.80. The first-order valence-corrected chi connectivity index (χ1v) is 14.8. The number of thiophene rings is 1. The second kappa shape index (κ2) is 8.12. The van der Waals surface area contributed by atoms with E-state index in [0.717, 1.165) is 33.5 Å². The number of benzene rings is 5. The standard InChI is InChI=1S/C37H25N3S/c1-37(2)27-16-10-15-26-32-25-14-7-9-18-31(25)41-36(32)40(34(26)27)30-20-19-23(21-28(30)37)35-38-29-17-8-6-13-24(29)33(39-35)22-11-4-3-5-12-22/h3-21H,1-2H3. The van der Waals surface area contributed by atoms with E-state index in [4.69, 9.17) is 9.97 Å². The minimum Gasteiger partial charge on any atom is -0.300 e. The molecule has 3 aromatic heterocycles. The molecule has 3 nitrogen and oxygen atoms in total. The second-order valence-electron chi connectivity index (χ2n) is 11.5. The summed E-state index contributed by atoms with van der Waals surface area (Å²) >= 11 is 1.88. The maximum atomic E-state index is 5.17. The second-order valence-corrected chi connectivity index (χ2v) is 12.5. The molecule has 194 valence electrons. The summed E-state index contributed by atoms with van der Waals surface area (Å²) in [6.45, 7) is 4.70. The van der Waals surface area contributed by atoms with E-state index in [1.165, 1.54) is 48.0 Å². The van der Waals surface area contributed by atoms with E-state index in [1.807, 2.05) is 23.5 Å². The maximum absolute atomic E-state index is 5.17. The summed E-state index contributed by atoms with van der Waals surface area (Å²) in [5, 5.41) is 5.10. The fourth-order valence-corrected chi connectivity index (χ4v) is 8.05. The summed E-state index contributed by atoms with van der Waals surface area (Å²) in [6, 6.07) is 41.2. The van der Waals surface area contributed by atoms with Gasteiger partial charge in [-0.25, -0.2) is 9.97 Å². The highest BCUT2D eigenvalue weighted by molar-refractivity contribution is 7.25. The van der Waals surface area contributed by atoms with Crippen LogP contribution >= 0.6 is 11.3 Å². The van der Waals surface area contributed by atoms with Crippen LogP contribution < -0.4 is 0 Å². The van der Waals surface area contributed by atoms with Gasteiger partial charge in [0.05, 0.1) is 22.4 Å². The van der Waals surface area contributed by atoms with Crippen LogP contribution in [0.4, 0.5) is 0 Å². The van der Waals surface area contributed by atoms with Gasteiger partial charge in [0.25, 0.3) is 0 Å². The average Bonchev–Trinajstić information content (AvgIpc) is 3.55. The number of hydrogen-bond acceptors (Lipinski definition) is 3. The highest BCUT2D eigenvalue weighted by Gasteiger charge is 2.36. The summed E-state index contributed by atoms with van der Waals surface area (Å²) in [7, 11) is 0. The molecule has 5 aromatic carbocycles. The zero-order valence-electron chi connectivity index (χ0n) is 22.7. The molecule has 8 aromatic rings. The van der Waals surface area contributed by atoms with Gasteiger partial charge in [-0.1, -0.05) is 98.8 Å². The van der Waals surface area contributed by atoms with E-state index in [-0.39, 0.29) is 5.41 Å². The lowest BCUT2D eigenvalue weighted by Crippen LogP contribution is -2.26. The smallest absolute Gasteiger partial charge is 0.160 e. The van der Waals surface area contributed by atoms with Crippen LogP contribution in [0.1, 0.15) is 25.0 Å². The van der Waals surface area contributed by atoms with Crippen LogP contribution in [0.25, 0.3) is 70.4 Å². The number of hydrogen-bond donors (Lipinski definition) is 0. The van der Waals surface area contributed by atoms with Crippen LogP contribution in [0.15, 0.2) is 115 Å². The number of rotatable bonds is 2. The molecule has 1 aliphatic heterocycles. The Labute approximate surface area is 241 Å². The number of para-hydroxylation sites is 2. The van der Waals surface area contributed by atoms with Crippen molar-refractivity contribution in [2.24, 2.45) is 0 Å². The predicted octanol–water partition coefficient (Wildman–Crippen LogP) is 9.91. The fraction of sp³-hybridized carbons (Fsp3) is 0.0811. The van der Waals surface area contributed by atoms with E-state index in [0.29, 0.717) is 0 Å². The molecular weight excluding hydrogens is 518 g/mol. The van der Waals surface area contributed by atoms with Crippen LogP contribution in [0.5, 0.6) is 0 Å². The Morgan fingerprint density at radius 3 is 2.27 bits per heavy atom. The molecule has 4 heterocycles. The van der Waals surface area contributed by atoms with Crippen LogP contribution in [-0.2, 0) is 5.41 Å². The van der Waals surface area contributed by atoms with Crippen LogP contribution in [-0.4, -0.2) is 14.5 Å². The van der Waals surface area contributed by atoms with E-state index in [2.05, 4.69) is 122 Å². The number of fused-ring (bicyclic) bond motifs is 8. The minimum atomic E-state index is -0.184. The molecule has 41 heavy (non-hydrogen) atoms. The van der Waals surface area contributed by atoms with E-state index in [9.17, 15) is 0 Å². The molecule has 0 radical (unpaired) electrons. The van der Waals surface area contributed by atoms with Gasteiger partial charge in [-0.05, 0) is 41.5 Å². The minimum absolute atomic E-state index is 0.184.